The first kappa shape index (κ1) is 22.5. The van der Waals surface area contributed by atoms with Crippen LogP contribution in [0.2, 0.25) is 5.02 Å². The summed E-state index contributed by atoms with van der Waals surface area (Å²) in [5, 5.41) is 3.84. The number of aromatic nitrogens is 3. The van der Waals surface area contributed by atoms with Crippen molar-refractivity contribution >= 4 is 34.1 Å². The molecule has 0 atom stereocenters. The second-order valence-corrected chi connectivity index (χ2v) is 8.32. The minimum Gasteiger partial charge on any atom is -0.495 e. The van der Waals surface area contributed by atoms with Crippen LogP contribution in [0.4, 0.5) is 11.4 Å². The zero-order valence-corrected chi connectivity index (χ0v) is 19.6. The first-order valence-electron chi connectivity index (χ1n) is 11.2. The molecule has 0 saturated carbocycles. The zero-order valence-electron chi connectivity index (χ0n) is 18.9. The number of rotatable bonds is 8. The molecule has 176 valence electrons. The minimum atomic E-state index is 0.484. The summed E-state index contributed by atoms with van der Waals surface area (Å²) in [5.74, 6) is 2.24. The number of anilines is 2. The molecule has 8 nitrogen and oxygen atoms in total. The van der Waals surface area contributed by atoms with Gasteiger partial charge in [0.25, 0.3) is 0 Å². The molecule has 1 aliphatic heterocycles. The monoisotopic (exact) mass is 479 g/mol. The molecule has 0 amide bonds. The fraction of sp³-hybridized carbons (Fsp3) is 0.280. The largest absolute Gasteiger partial charge is 0.495 e. The molecule has 2 N–H and O–H groups in total. The molecule has 0 bridgehead atoms. The normalized spacial score (nSPS) is 14.3. The number of halogens is 1. The zero-order chi connectivity index (χ0) is 23.3. The van der Waals surface area contributed by atoms with E-state index in [4.69, 9.17) is 25.8 Å². The number of pyridine rings is 1. The highest BCUT2D eigenvalue weighted by Gasteiger charge is 2.15. The standard InChI is InChI=1S/C25H26ClN5O3/c1-32-21-5-3-2-4-20(21)28-22-19(26)16-27-25-23(22)29-24(30-25)17-6-8-18(9-7-17)34-15-12-31-10-13-33-14-11-31/h2-9,16H,10-15H2,1H3,(H2,27,28,29,30). The van der Waals surface area contributed by atoms with Crippen LogP contribution < -0.4 is 14.8 Å². The van der Waals surface area contributed by atoms with Crippen molar-refractivity contribution in [2.45, 2.75) is 0 Å². The van der Waals surface area contributed by atoms with Crippen LogP contribution in [0.5, 0.6) is 11.5 Å². The number of benzene rings is 2. The maximum atomic E-state index is 6.49. The number of H-pyrrole nitrogens is 1. The highest BCUT2D eigenvalue weighted by Crippen LogP contribution is 2.35. The van der Waals surface area contributed by atoms with Gasteiger partial charge in [0.2, 0.25) is 0 Å². The molecule has 0 aliphatic carbocycles. The summed E-state index contributed by atoms with van der Waals surface area (Å²) in [6.07, 6.45) is 1.59. The second-order valence-electron chi connectivity index (χ2n) is 7.92. The highest BCUT2D eigenvalue weighted by atomic mass is 35.5. The van der Waals surface area contributed by atoms with Gasteiger partial charge in [0.05, 0.1) is 42.9 Å². The van der Waals surface area contributed by atoms with E-state index in [2.05, 4.69) is 25.2 Å². The Kier molecular flexibility index (Phi) is 6.80. The number of hydrogen-bond acceptors (Lipinski definition) is 7. The van der Waals surface area contributed by atoms with Gasteiger partial charge in [-0.1, -0.05) is 23.7 Å². The van der Waals surface area contributed by atoms with E-state index in [0.717, 1.165) is 55.4 Å². The number of fused-ring (bicyclic) bond motifs is 1. The summed E-state index contributed by atoms with van der Waals surface area (Å²) < 4.78 is 16.7. The van der Waals surface area contributed by atoms with Crippen LogP contribution in [0.1, 0.15) is 0 Å². The van der Waals surface area contributed by atoms with Crippen molar-refractivity contribution in [3.05, 3.63) is 59.8 Å². The minimum absolute atomic E-state index is 0.484. The Balaban J connectivity index is 1.32. The van der Waals surface area contributed by atoms with Gasteiger partial charge in [0, 0.05) is 25.2 Å². The summed E-state index contributed by atoms with van der Waals surface area (Å²) in [6.45, 7) is 5.04. The van der Waals surface area contributed by atoms with Crippen molar-refractivity contribution in [1.29, 1.82) is 0 Å². The van der Waals surface area contributed by atoms with Gasteiger partial charge in [-0.25, -0.2) is 9.97 Å². The van der Waals surface area contributed by atoms with Crippen LogP contribution in [-0.2, 0) is 4.74 Å². The predicted molar refractivity (Wildman–Crippen MR) is 133 cm³/mol. The molecular weight excluding hydrogens is 454 g/mol. The predicted octanol–water partition coefficient (Wildman–Crippen LogP) is 4.74. The lowest BCUT2D eigenvalue weighted by atomic mass is 10.2. The number of aromatic amines is 1. The summed E-state index contributed by atoms with van der Waals surface area (Å²) in [5.41, 5.74) is 3.71. The molecule has 0 spiro atoms. The Labute approximate surface area is 202 Å². The second kappa shape index (κ2) is 10.3. The van der Waals surface area contributed by atoms with Gasteiger partial charge in [0.1, 0.15) is 29.4 Å². The van der Waals surface area contributed by atoms with Crippen molar-refractivity contribution in [2.24, 2.45) is 0 Å². The maximum absolute atomic E-state index is 6.49. The lowest BCUT2D eigenvalue weighted by Crippen LogP contribution is -2.38. The highest BCUT2D eigenvalue weighted by molar-refractivity contribution is 6.34. The Morgan fingerprint density at radius 3 is 2.71 bits per heavy atom. The van der Waals surface area contributed by atoms with Crippen LogP contribution in [0, 0.1) is 0 Å². The third-order valence-corrected chi connectivity index (χ3v) is 6.03. The third kappa shape index (κ3) is 4.94. The molecule has 3 heterocycles. The number of ether oxygens (including phenoxy) is 3. The van der Waals surface area contributed by atoms with Crippen molar-refractivity contribution in [1.82, 2.24) is 19.9 Å². The van der Waals surface area contributed by atoms with E-state index in [9.17, 15) is 0 Å². The molecule has 34 heavy (non-hydrogen) atoms. The molecular formula is C25H26ClN5O3. The smallest absolute Gasteiger partial charge is 0.180 e. The third-order valence-electron chi connectivity index (χ3n) is 5.75. The average molecular weight is 480 g/mol. The van der Waals surface area contributed by atoms with Gasteiger partial charge in [-0.2, -0.15) is 0 Å². The first-order chi connectivity index (χ1) is 16.7. The Morgan fingerprint density at radius 1 is 1.12 bits per heavy atom. The van der Waals surface area contributed by atoms with Crippen molar-refractivity contribution in [3.63, 3.8) is 0 Å². The molecule has 1 saturated heterocycles. The van der Waals surface area contributed by atoms with E-state index in [1.165, 1.54) is 0 Å². The molecule has 2 aromatic heterocycles. The van der Waals surface area contributed by atoms with E-state index in [1.807, 2.05) is 48.5 Å². The SMILES string of the molecule is COc1ccccc1Nc1c(Cl)cnc2nc(-c3ccc(OCCN4CCOCC4)cc3)[nH]c12. The van der Waals surface area contributed by atoms with E-state index >= 15 is 0 Å². The van der Waals surface area contributed by atoms with Gasteiger partial charge >= 0.3 is 0 Å². The summed E-state index contributed by atoms with van der Waals surface area (Å²) in [4.78, 5) is 14.8. The fourth-order valence-corrected chi connectivity index (χ4v) is 4.09. The average Bonchev–Trinajstić information content (AvgIpc) is 3.32. The van der Waals surface area contributed by atoms with Crippen molar-refractivity contribution in [2.75, 3.05) is 51.9 Å². The van der Waals surface area contributed by atoms with Crippen molar-refractivity contribution < 1.29 is 14.2 Å². The van der Waals surface area contributed by atoms with E-state index < -0.39 is 0 Å². The van der Waals surface area contributed by atoms with Crippen molar-refractivity contribution in [3.8, 4) is 22.9 Å². The quantitative estimate of drug-likeness (QED) is 0.377. The van der Waals surface area contributed by atoms with Gasteiger partial charge in [0.15, 0.2) is 5.65 Å². The Morgan fingerprint density at radius 2 is 1.91 bits per heavy atom. The Bertz CT molecular complexity index is 1260. The fourth-order valence-electron chi connectivity index (χ4n) is 3.90. The van der Waals surface area contributed by atoms with Crippen LogP contribution in [-0.4, -0.2) is 66.4 Å². The summed E-state index contributed by atoms with van der Waals surface area (Å²) in [6, 6.07) is 15.5. The van der Waals surface area contributed by atoms with Gasteiger partial charge in [-0.3, -0.25) is 4.90 Å². The lowest BCUT2D eigenvalue weighted by Gasteiger charge is -2.26. The van der Waals surface area contributed by atoms with Gasteiger partial charge < -0.3 is 24.5 Å². The van der Waals surface area contributed by atoms with Crippen LogP contribution in [0.15, 0.2) is 54.7 Å². The molecule has 0 unspecified atom stereocenters. The number of methoxy groups -OCH3 is 1. The van der Waals surface area contributed by atoms with Crippen LogP contribution in [0.3, 0.4) is 0 Å². The number of hydrogen-bond donors (Lipinski definition) is 2. The lowest BCUT2D eigenvalue weighted by molar-refractivity contribution is 0.0322. The number of nitrogens with one attached hydrogen (secondary N) is 2. The number of nitrogens with zero attached hydrogens (tertiary/aromatic N) is 3. The summed E-state index contributed by atoms with van der Waals surface area (Å²) >= 11 is 6.49. The number of morpholine rings is 1. The summed E-state index contributed by atoms with van der Waals surface area (Å²) in [7, 11) is 1.63. The molecule has 2 aromatic carbocycles. The molecule has 0 radical (unpaired) electrons. The van der Waals surface area contributed by atoms with Crippen LogP contribution >= 0.6 is 11.6 Å². The maximum Gasteiger partial charge on any atom is 0.180 e. The van der Waals surface area contributed by atoms with Crippen LogP contribution in [0.25, 0.3) is 22.6 Å². The molecule has 1 fully saturated rings. The van der Waals surface area contributed by atoms with Gasteiger partial charge in [-0.05, 0) is 36.4 Å². The van der Waals surface area contributed by atoms with E-state index in [0.29, 0.717) is 34.5 Å². The number of para-hydroxylation sites is 2. The first-order valence-corrected chi connectivity index (χ1v) is 11.6. The van der Waals surface area contributed by atoms with E-state index in [1.54, 1.807) is 13.3 Å². The molecule has 9 heteroatoms. The molecule has 4 aromatic rings. The number of imidazole rings is 1. The topological polar surface area (TPSA) is 84.5 Å². The molecule has 5 rings (SSSR count). The Hall–Kier alpha value is -3.33. The van der Waals surface area contributed by atoms with Gasteiger partial charge in [-0.15, -0.1) is 0 Å². The molecule has 1 aliphatic rings. The van der Waals surface area contributed by atoms with E-state index in [-0.39, 0.29) is 0 Å².